The highest BCUT2D eigenvalue weighted by atomic mass is 16.9. The van der Waals surface area contributed by atoms with Crippen LogP contribution in [-0.4, -0.2) is 11.7 Å². The van der Waals surface area contributed by atoms with Gasteiger partial charge in [-0.15, -0.1) is 0 Å². The Balaban J connectivity index is 3.49. The number of hydrogen-bond acceptors (Lipinski definition) is 3. The molecule has 0 unspecified atom stereocenters. The van der Waals surface area contributed by atoms with Crippen molar-refractivity contribution in [3.05, 3.63) is 17.1 Å². The van der Waals surface area contributed by atoms with Gasteiger partial charge in [-0.3, -0.25) is 0 Å². The SMILES string of the molecule is CCO/[14C](O)=C\[N+]#N. The van der Waals surface area contributed by atoms with Crippen molar-refractivity contribution in [2.24, 2.45) is 0 Å². The van der Waals surface area contributed by atoms with Gasteiger partial charge in [0, 0.05) is 0 Å². The van der Waals surface area contributed by atoms with E-state index < -0.39 is 0 Å². The third kappa shape index (κ3) is 2.97. The van der Waals surface area contributed by atoms with Crippen LogP contribution in [0.3, 0.4) is 0 Å². The molecule has 0 heterocycles. The summed E-state index contributed by atoms with van der Waals surface area (Å²) in [5.41, 5.74) is 0. The fourth-order valence-electron chi connectivity index (χ4n) is 0.235. The monoisotopic (exact) mass is 117 g/mol. The highest BCUT2D eigenvalue weighted by Gasteiger charge is 1.95. The van der Waals surface area contributed by atoms with Crippen LogP contribution in [0.1, 0.15) is 6.92 Å². The van der Waals surface area contributed by atoms with E-state index in [9.17, 15) is 0 Å². The second-order valence-corrected chi connectivity index (χ2v) is 1.02. The summed E-state index contributed by atoms with van der Waals surface area (Å²) >= 11 is 0. The molecule has 0 aromatic carbocycles. The summed E-state index contributed by atoms with van der Waals surface area (Å²) in [5.74, 6) is -0.380. The van der Waals surface area contributed by atoms with Crippen LogP contribution in [0.15, 0.2) is 12.1 Å². The van der Waals surface area contributed by atoms with Gasteiger partial charge < -0.3 is 9.84 Å². The molecule has 0 bridgehead atoms. The molecule has 1 N–H and O–H groups in total. The Morgan fingerprint density at radius 1 is 2.00 bits per heavy atom. The smallest absolute Gasteiger partial charge is 0.429 e. The minimum atomic E-state index is -0.380. The topological polar surface area (TPSA) is 57.6 Å². The molecule has 4 heteroatoms. The standard InChI is InChI=1S/C4H6N2O2/c1-2-8-4(7)3-6-5/h3H,2H2,1H3/p+1/b4-3-/i4+2. The second-order valence-electron chi connectivity index (χ2n) is 1.02. The fourth-order valence-corrected chi connectivity index (χ4v) is 0.235. The first-order valence-corrected chi connectivity index (χ1v) is 2.17. The largest absolute Gasteiger partial charge is 0.476 e. The van der Waals surface area contributed by atoms with Crippen LogP contribution >= 0.6 is 0 Å². The molecule has 0 aromatic rings. The van der Waals surface area contributed by atoms with Gasteiger partial charge in [0.1, 0.15) is 0 Å². The second kappa shape index (κ2) is 3.93. The van der Waals surface area contributed by atoms with Crippen molar-refractivity contribution in [1.82, 2.24) is 0 Å². The molecule has 8 heavy (non-hydrogen) atoms. The van der Waals surface area contributed by atoms with Crippen LogP contribution < -0.4 is 0 Å². The van der Waals surface area contributed by atoms with Crippen LogP contribution in [0.5, 0.6) is 0 Å². The van der Waals surface area contributed by atoms with Crippen LogP contribution in [0.4, 0.5) is 0 Å². The van der Waals surface area contributed by atoms with E-state index in [0.29, 0.717) is 6.61 Å². The van der Waals surface area contributed by atoms with E-state index in [1.807, 2.05) is 0 Å². The Bertz CT molecular complexity index is 124. The van der Waals surface area contributed by atoms with Gasteiger partial charge >= 0.3 is 12.1 Å². The average Bonchev–Trinajstić information content (AvgIpc) is 1.68. The summed E-state index contributed by atoms with van der Waals surface area (Å²) in [4.78, 5) is 2.52. The molecule has 4 nitrogen and oxygen atoms in total. The maximum Gasteiger partial charge on any atom is 0.429 e. The summed E-state index contributed by atoms with van der Waals surface area (Å²) in [6.45, 7) is 2.07. The lowest BCUT2D eigenvalue weighted by Crippen LogP contribution is -1.87. The van der Waals surface area contributed by atoms with Gasteiger partial charge in [0.2, 0.25) is 5.39 Å². The predicted octanol–water partition coefficient (Wildman–Crippen LogP) is 1.23. The van der Waals surface area contributed by atoms with Crippen molar-refractivity contribution in [2.75, 3.05) is 6.61 Å². The Kier molecular flexibility index (Phi) is 3.32. The Morgan fingerprint density at radius 2 is 2.62 bits per heavy atom. The first-order chi connectivity index (χ1) is 3.81. The van der Waals surface area contributed by atoms with Gasteiger partial charge in [0.05, 0.1) is 6.61 Å². The molecule has 0 aliphatic carbocycles. The van der Waals surface area contributed by atoms with Crippen LogP contribution in [-0.2, 0) is 4.74 Å². The lowest BCUT2D eigenvalue weighted by Gasteiger charge is -1.91. The van der Waals surface area contributed by atoms with E-state index in [4.69, 9.17) is 10.5 Å². The maximum absolute atomic E-state index is 8.43. The maximum atomic E-state index is 8.43. The number of aliphatic hydroxyl groups is 1. The number of rotatable bonds is 2. The molecular weight excluding hydrogens is 110 g/mol. The zero-order valence-electron chi connectivity index (χ0n) is 4.53. The summed E-state index contributed by atoms with van der Waals surface area (Å²) in [7, 11) is 0. The number of ether oxygens (including phenoxy) is 1. The van der Waals surface area contributed by atoms with Crippen LogP contribution in [0.25, 0.3) is 4.98 Å². The summed E-state index contributed by atoms with van der Waals surface area (Å²) in [6.07, 6.45) is 0.809. The molecule has 0 aromatic heterocycles. The average molecular weight is 117 g/mol. The van der Waals surface area contributed by atoms with E-state index in [0.717, 1.165) is 6.20 Å². The highest BCUT2D eigenvalue weighted by molar-refractivity contribution is 4.86. The quantitative estimate of drug-likeness (QED) is 0.437. The predicted molar refractivity (Wildman–Crippen MR) is 27.4 cm³/mol. The molecule has 0 fully saturated rings. The van der Waals surface area contributed by atoms with E-state index in [1.165, 1.54) is 0 Å². The van der Waals surface area contributed by atoms with Gasteiger partial charge in [-0.2, -0.15) is 0 Å². The molecule has 0 spiro atoms. The number of aliphatic hydroxyl groups excluding tert-OH is 1. The molecule has 0 aliphatic heterocycles. The minimum Gasteiger partial charge on any atom is -0.476 e. The molecule has 0 aliphatic rings. The van der Waals surface area contributed by atoms with Crippen LogP contribution in [0.2, 0.25) is 0 Å². The van der Waals surface area contributed by atoms with Crippen molar-refractivity contribution in [2.45, 2.75) is 6.92 Å². The van der Waals surface area contributed by atoms with Gasteiger partial charge in [0.15, 0.2) is 4.98 Å². The Morgan fingerprint density at radius 3 is 3.00 bits per heavy atom. The molecule has 0 radical (unpaired) electrons. The van der Waals surface area contributed by atoms with Crippen molar-refractivity contribution in [3.63, 3.8) is 0 Å². The summed E-state index contributed by atoms with van der Waals surface area (Å²) < 4.78 is 4.45. The summed E-state index contributed by atoms with van der Waals surface area (Å²) in [6, 6.07) is 0. The van der Waals surface area contributed by atoms with Gasteiger partial charge in [0.25, 0.3) is 0 Å². The number of diazo groups is 1. The third-order valence-electron chi connectivity index (χ3n) is 0.460. The molecular formula is C4H7N2O2+. The first kappa shape index (κ1) is 6.76. The van der Waals surface area contributed by atoms with E-state index in [2.05, 4.69) is 9.71 Å². The molecule has 0 saturated heterocycles. The molecule has 44 valence electrons. The van der Waals surface area contributed by atoms with Crippen molar-refractivity contribution >= 4 is 0 Å². The van der Waals surface area contributed by atoms with Gasteiger partial charge in [-0.05, 0) is 6.92 Å². The fraction of sp³-hybridized carbons (Fsp3) is 0.500. The lowest BCUT2D eigenvalue weighted by molar-refractivity contribution is 0.102. The molecule has 0 saturated carbocycles. The number of nitrogens with zero attached hydrogens (tertiary/aromatic N) is 2. The van der Waals surface area contributed by atoms with E-state index in [-0.39, 0.29) is 5.95 Å². The van der Waals surface area contributed by atoms with Crippen LogP contribution in [0, 0.1) is 5.39 Å². The molecule has 0 amide bonds. The van der Waals surface area contributed by atoms with Gasteiger partial charge in [-0.25, -0.2) is 0 Å². The van der Waals surface area contributed by atoms with Gasteiger partial charge in [-0.1, -0.05) is 0 Å². The summed E-state index contributed by atoms with van der Waals surface area (Å²) in [5, 5.41) is 16.2. The zero-order valence-corrected chi connectivity index (χ0v) is 4.53. The number of hydrogen-bond donors (Lipinski definition) is 1. The molecule has 0 atom stereocenters. The Hall–Kier alpha value is -1.24. The normalized spacial score (nSPS) is 10.2. The van der Waals surface area contributed by atoms with E-state index in [1.54, 1.807) is 6.92 Å². The van der Waals surface area contributed by atoms with Crippen molar-refractivity contribution < 1.29 is 9.84 Å². The molecule has 0 rings (SSSR count). The zero-order chi connectivity index (χ0) is 6.41. The highest BCUT2D eigenvalue weighted by Crippen LogP contribution is 1.89. The van der Waals surface area contributed by atoms with Crippen molar-refractivity contribution in [3.8, 4) is 0 Å². The lowest BCUT2D eigenvalue weighted by atomic mass is 10.9. The Labute approximate surface area is 47.0 Å². The third-order valence-corrected chi connectivity index (χ3v) is 0.460. The van der Waals surface area contributed by atoms with Crippen molar-refractivity contribution in [1.29, 1.82) is 5.39 Å². The first-order valence-electron chi connectivity index (χ1n) is 2.17. The van der Waals surface area contributed by atoms with E-state index >= 15 is 0 Å². The minimum absolute atomic E-state index is 0.359.